The van der Waals surface area contributed by atoms with Crippen LogP contribution in [0.15, 0.2) is 30.5 Å². The lowest BCUT2D eigenvalue weighted by atomic mass is 10.3. The van der Waals surface area contributed by atoms with E-state index in [0.717, 1.165) is 34.2 Å². The maximum absolute atomic E-state index is 12.7. The Morgan fingerprint density at radius 1 is 1.23 bits per heavy atom. The van der Waals surface area contributed by atoms with E-state index >= 15 is 0 Å². The minimum atomic E-state index is 0.0509. The number of aryl methyl sites for hydroxylation is 1. The summed E-state index contributed by atoms with van der Waals surface area (Å²) in [6.07, 6.45) is 1.68. The van der Waals surface area contributed by atoms with Crippen LogP contribution in [0.25, 0.3) is 10.2 Å². The SMILES string of the molecule is CCn1nccc1C(=O)N1CCN(c2nc3c(OC)cccc3s2)CC1. The second-order valence-corrected chi connectivity index (χ2v) is 7.12. The monoisotopic (exact) mass is 371 g/mol. The van der Waals surface area contributed by atoms with Gasteiger partial charge in [-0.1, -0.05) is 17.4 Å². The Kier molecular flexibility index (Phi) is 4.50. The Balaban J connectivity index is 1.48. The average Bonchev–Trinajstić information content (AvgIpc) is 3.33. The molecule has 1 aromatic carbocycles. The molecule has 0 aliphatic carbocycles. The van der Waals surface area contributed by atoms with Gasteiger partial charge in [0.2, 0.25) is 0 Å². The number of hydrogen-bond acceptors (Lipinski definition) is 6. The second kappa shape index (κ2) is 6.95. The van der Waals surface area contributed by atoms with Gasteiger partial charge in [-0.2, -0.15) is 5.10 Å². The van der Waals surface area contributed by atoms with Crippen molar-refractivity contribution in [3.63, 3.8) is 0 Å². The lowest BCUT2D eigenvalue weighted by Crippen LogP contribution is -2.49. The minimum Gasteiger partial charge on any atom is -0.494 e. The topological polar surface area (TPSA) is 63.5 Å². The van der Waals surface area contributed by atoms with E-state index in [-0.39, 0.29) is 5.91 Å². The van der Waals surface area contributed by atoms with Crippen molar-refractivity contribution in [2.75, 3.05) is 38.2 Å². The molecule has 0 unspecified atom stereocenters. The molecule has 1 fully saturated rings. The van der Waals surface area contributed by atoms with Crippen molar-refractivity contribution in [1.29, 1.82) is 0 Å². The van der Waals surface area contributed by atoms with Crippen LogP contribution in [0.3, 0.4) is 0 Å². The molecule has 0 atom stereocenters. The van der Waals surface area contributed by atoms with E-state index in [1.165, 1.54) is 0 Å². The first kappa shape index (κ1) is 16.8. The van der Waals surface area contributed by atoms with Crippen LogP contribution >= 0.6 is 11.3 Å². The fourth-order valence-corrected chi connectivity index (χ4v) is 4.28. The normalized spacial score (nSPS) is 14.8. The third-order valence-electron chi connectivity index (χ3n) is 4.66. The number of carbonyl (C=O) groups excluding carboxylic acids is 1. The first-order valence-corrected chi connectivity index (χ1v) is 9.52. The zero-order chi connectivity index (χ0) is 18.1. The summed E-state index contributed by atoms with van der Waals surface area (Å²) in [5, 5.41) is 5.17. The largest absolute Gasteiger partial charge is 0.494 e. The highest BCUT2D eigenvalue weighted by Crippen LogP contribution is 2.34. The summed E-state index contributed by atoms with van der Waals surface area (Å²) < 4.78 is 8.26. The van der Waals surface area contributed by atoms with Crippen molar-refractivity contribution in [3.05, 3.63) is 36.2 Å². The van der Waals surface area contributed by atoms with Gasteiger partial charge in [0.15, 0.2) is 5.13 Å². The number of rotatable bonds is 4. The van der Waals surface area contributed by atoms with Crippen LogP contribution < -0.4 is 9.64 Å². The molecule has 1 aliphatic rings. The van der Waals surface area contributed by atoms with Gasteiger partial charge in [-0.25, -0.2) is 4.98 Å². The number of hydrogen-bond donors (Lipinski definition) is 0. The second-order valence-electron chi connectivity index (χ2n) is 6.11. The molecule has 1 aliphatic heterocycles. The Morgan fingerprint density at radius 3 is 2.77 bits per heavy atom. The molecular formula is C18H21N5O2S. The van der Waals surface area contributed by atoms with Crippen molar-refractivity contribution >= 4 is 32.6 Å². The predicted octanol–water partition coefficient (Wildman–Crippen LogP) is 2.48. The molecule has 4 rings (SSSR count). The van der Waals surface area contributed by atoms with Crippen LogP contribution in [0, 0.1) is 0 Å². The van der Waals surface area contributed by atoms with Crippen LogP contribution in [0.2, 0.25) is 0 Å². The summed E-state index contributed by atoms with van der Waals surface area (Å²) >= 11 is 1.66. The molecule has 136 valence electrons. The van der Waals surface area contributed by atoms with E-state index < -0.39 is 0 Å². The number of fused-ring (bicyclic) bond motifs is 1. The van der Waals surface area contributed by atoms with Crippen molar-refractivity contribution in [3.8, 4) is 5.75 Å². The molecule has 0 N–H and O–H groups in total. The average molecular weight is 371 g/mol. The molecule has 0 radical (unpaired) electrons. The highest BCUT2D eigenvalue weighted by Gasteiger charge is 2.25. The van der Waals surface area contributed by atoms with Gasteiger partial charge in [0.25, 0.3) is 5.91 Å². The van der Waals surface area contributed by atoms with Gasteiger partial charge in [0, 0.05) is 38.9 Å². The Hall–Kier alpha value is -2.61. The molecule has 0 bridgehead atoms. The Labute approximate surface area is 155 Å². The molecule has 1 amide bonds. The molecule has 0 saturated carbocycles. The van der Waals surface area contributed by atoms with Gasteiger partial charge in [-0.05, 0) is 25.1 Å². The number of para-hydroxylation sites is 1. The van der Waals surface area contributed by atoms with Crippen molar-refractivity contribution in [2.45, 2.75) is 13.5 Å². The summed E-state index contributed by atoms with van der Waals surface area (Å²) in [7, 11) is 1.67. The number of anilines is 1. The van der Waals surface area contributed by atoms with Crippen LogP contribution in [0.5, 0.6) is 5.75 Å². The van der Waals surface area contributed by atoms with E-state index in [0.29, 0.717) is 25.3 Å². The predicted molar refractivity (Wildman–Crippen MR) is 102 cm³/mol. The number of thiazole rings is 1. The van der Waals surface area contributed by atoms with Crippen molar-refractivity contribution in [2.24, 2.45) is 0 Å². The van der Waals surface area contributed by atoms with Gasteiger partial charge in [0.05, 0.1) is 11.8 Å². The summed E-state index contributed by atoms with van der Waals surface area (Å²) in [5.41, 5.74) is 1.56. The summed E-state index contributed by atoms with van der Waals surface area (Å²) in [5.74, 6) is 0.849. The van der Waals surface area contributed by atoms with Gasteiger partial charge in [-0.15, -0.1) is 0 Å². The number of aromatic nitrogens is 3. The molecule has 3 aromatic rings. The first-order chi connectivity index (χ1) is 12.7. The van der Waals surface area contributed by atoms with E-state index in [2.05, 4.69) is 16.1 Å². The van der Waals surface area contributed by atoms with Gasteiger partial charge >= 0.3 is 0 Å². The standard InChI is InChI=1S/C18H21N5O2S/c1-3-23-13(7-8-19-23)17(24)21-9-11-22(12-10-21)18-20-16-14(25-2)5-4-6-15(16)26-18/h4-8H,3,9-12H2,1-2H3. The number of ether oxygens (including phenoxy) is 1. The van der Waals surface area contributed by atoms with Crippen LogP contribution in [0.1, 0.15) is 17.4 Å². The first-order valence-electron chi connectivity index (χ1n) is 8.71. The van der Waals surface area contributed by atoms with Crippen molar-refractivity contribution < 1.29 is 9.53 Å². The third-order valence-corrected chi connectivity index (χ3v) is 5.74. The Bertz CT molecular complexity index is 927. The Morgan fingerprint density at radius 2 is 2.04 bits per heavy atom. The molecule has 7 nitrogen and oxygen atoms in total. The summed E-state index contributed by atoms with van der Waals surface area (Å²) in [4.78, 5) is 21.6. The van der Waals surface area contributed by atoms with E-state index in [4.69, 9.17) is 9.72 Å². The van der Waals surface area contributed by atoms with Gasteiger partial charge < -0.3 is 14.5 Å². The van der Waals surface area contributed by atoms with Crippen LogP contribution in [-0.2, 0) is 6.54 Å². The lowest BCUT2D eigenvalue weighted by Gasteiger charge is -2.34. The zero-order valence-corrected chi connectivity index (χ0v) is 15.7. The highest BCUT2D eigenvalue weighted by molar-refractivity contribution is 7.22. The number of benzene rings is 1. The summed E-state index contributed by atoms with van der Waals surface area (Å²) in [6, 6.07) is 7.76. The number of methoxy groups -OCH3 is 1. The fraction of sp³-hybridized carbons (Fsp3) is 0.389. The molecule has 0 spiro atoms. The summed E-state index contributed by atoms with van der Waals surface area (Å²) in [6.45, 7) is 5.59. The fourth-order valence-electron chi connectivity index (χ4n) is 3.24. The molecule has 26 heavy (non-hydrogen) atoms. The van der Waals surface area contributed by atoms with E-state index in [9.17, 15) is 4.79 Å². The minimum absolute atomic E-state index is 0.0509. The van der Waals surface area contributed by atoms with Gasteiger partial charge in [0.1, 0.15) is 17.0 Å². The molecule has 1 saturated heterocycles. The van der Waals surface area contributed by atoms with Crippen molar-refractivity contribution in [1.82, 2.24) is 19.7 Å². The quantitative estimate of drug-likeness (QED) is 0.705. The number of carbonyl (C=O) groups is 1. The number of nitrogens with zero attached hydrogens (tertiary/aromatic N) is 5. The maximum atomic E-state index is 12.7. The third kappa shape index (κ3) is 2.90. The van der Waals surface area contributed by atoms with Crippen LogP contribution in [0.4, 0.5) is 5.13 Å². The van der Waals surface area contributed by atoms with Crippen LogP contribution in [-0.4, -0.2) is 58.9 Å². The highest BCUT2D eigenvalue weighted by atomic mass is 32.1. The molecule has 8 heteroatoms. The molecule has 3 heterocycles. The smallest absolute Gasteiger partial charge is 0.272 e. The number of amides is 1. The number of piperazine rings is 1. The maximum Gasteiger partial charge on any atom is 0.272 e. The lowest BCUT2D eigenvalue weighted by molar-refractivity contribution is 0.0734. The van der Waals surface area contributed by atoms with E-state index in [1.54, 1.807) is 35.4 Å². The molecule has 2 aromatic heterocycles. The molecular weight excluding hydrogens is 350 g/mol. The zero-order valence-electron chi connectivity index (χ0n) is 14.9. The van der Waals surface area contributed by atoms with Gasteiger partial charge in [-0.3, -0.25) is 9.48 Å². The van der Waals surface area contributed by atoms with E-state index in [1.807, 2.05) is 24.0 Å².